The molecular weight excluding hydrogens is 711 g/mol. The van der Waals surface area contributed by atoms with Crippen molar-refractivity contribution in [1.82, 2.24) is 0 Å². The molecule has 2 saturated heterocycles. The molecule has 248 valence electrons. The number of esters is 7. The molecule has 2 aliphatic rings. The monoisotopic (exact) mass is 746 g/mol. The van der Waals surface area contributed by atoms with Gasteiger partial charge in [0.1, 0.15) is 24.9 Å². The Hall–Kier alpha value is -3.10. The maximum absolute atomic E-state index is 12.2. The van der Waals surface area contributed by atoms with Crippen molar-refractivity contribution in [2.45, 2.75) is 110 Å². The van der Waals surface area contributed by atoms with Crippen LogP contribution in [0.2, 0.25) is 0 Å². The zero-order valence-electron chi connectivity index (χ0n) is 25.0. The highest BCUT2D eigenvalue weighted by Gasteiger charge is 2.57. The number of hydrogen-bond acceptors (Lipinski definition) is 17. The Morgan fingerprint density at radius 2 is 0.864 bits per heavy atom. The lowest BCUT2D eigenvalue weighted by molar-refractivity contribution is -0.353. The Morgan fingerprint density at radius 3 is 1.30 bits per heavy atom. The highest BCUT2D eigenvalue weighted by molar-refractivity contribution is 14.1. The van der Waals surface area contributed by atoms with Gasteiger partial charge in [0.05, 0.1) is 0 Å². The van der Waals surface area contributed by atoms with Crippen LogP contribution < -0.4 is 0 Å². The van der Waals surface area contributed by atoms with Gasteiger partial charge in [0, 0.05) is 52.9 Å². The third-order valence-electron chi connectivity index (χ3n) is 5.87. The van der Waals surface area contributed by atoms with E-state index in [1.807, 2.05) is 22.6 Å². The second-order valence-electron chi connectivity index (χ2n) is 9.62. The van der Waals surface area contributed by atoms with Gasteiger partial charge >= 0.3 is 41.8 Å². The van der Waals surface area contributed by atoms with E-state index in [2.05, 4.69) is 0 Å². The molecule has 0 radical (unpaired) electrons. The molecule has 0 bridgehead atoms. The van der Waals surface area contributed by atoms with Gasteiger partial charge in [-0.2, -0.15) is 0 Å². The van der Waals surface area contributed by atoms with Gasteiger partial charge in [0.25, 0.3) is 0 Å². The molecule has 0 aliphatic carbocycles. The fourth-order valence-electron chi connectivity index (χ4n) is 4.52. The van der Waals surface area contributed by atoms with Gasteiger partial charge in [-0.05, 0) is 0 Å². The average Bonchev–Trinajstić information content (AvgIpc) is 2.87. The van der Waals surface area contributed by atoms with Gasteiger partial charge < -0.3 is 47.4 Å². The molecule has 0 unspecified atom stereocenters. The molecule has 0 spiro atoms. The van der Waals surface area contributed by atoms with E-state index in [0.29, 0.717) is 0 Å². The van der Waals surface area contributed by atoms with Gasteiger partial charge in [0.2, 0.25) is 12.4 Å². The summed E-state index contributed by atoms with van der Waals surface area (Å²) in [4.78, 5) is 84.0. The van der Waals surface area contributed by atoms with E-state index in [4.69, 9.17) is 47.4 Å². The summed E-state index contributed by atoms with van der Waals surface area (Å²) in [7, 11) is 0. The van der Waals surface area contributed by atoms with E-state index < -0.39 is 110 Å². The highest BCUT2D eigenvalue weighted by atomic mass is 127. The van der Waals surface area contributed by atoms with Gasteiger partial charge in [-0.25, -0.2) is 0 Å². The molecule has 10 atom stereocenters. The maximum atomic E-state index is 12.2. The van der Waals surface area contributed by atoms with Crippen LogP contribution in [-0.2, 0) is 80.9 Å². The first-order chi connectivity index (χ1) is 20.5. The van der Waals surface area contributed by atoms with E-state index >= 15 is 0 Å². The van der Waals surface area contributed by atoms with Crippen LogP contribution in [0.1, 0.15) is 48.5 Å². The number of carbonyl (C=O) groups is 7. The summed E-state index contributed by atoms with van der Waals surface area (Å²) in [5, 5.41) is 0. The van der Waals surface area contributed by atoms with Crippen LogP contribution in [-0.4, -0.2) is 114 Å². The largest absolute Gasteiger partial charge is 0.463 e. The minimum Gasteiger partial charge on any atom is -0.463 e. The summed E-state index contributed by atoms with van der Waals surface area (Å²) in [5.74, 6) is -5.76. The quantitative estimate of drug-likeness (QED) is 0.118. The van der Waals surface area contributed by atoms with Crippen molar-refractivity contribution >= 4 is 64.4 Å². The topological polar surface area (TPSA) is 212 Å². The van der Waals surface area contributed by atoms with E-state index in [-0.39, 0.29) is 4.43 Å². The number of halogens is 1. The Balaban J connectivity index is 2.65. The summed E-state index contributed by atoms with van der Waals surface area (Å²) < 4.78 is 55.5. The van der Waals surface area contributed by atoms with Crippen LogP contribution in [0.3, 0.4) is 0 Å². The van der Waals surface area contributed by atoms with E-state index in [0.717, 1.165) is 48.5 Å². The first kappa shape index (κ1) is 37.1. The molecule has 0 saturated carbocycles. The number of alkyl halides is 1. The molecule has 0 N–H and O–H groups in total. The lowest BCUT2D eigenvalue weighted by Gasteiger charge is -2.48. The summed E-state index contributed by atoms with van der Waals surface area (Å²) in [6.45, 7) is 7.00. The minimum absolute atomic E-state index is 0.121. The molecule has 2 aliphatic heterocycles. The molecule has 17 nitrogen and oxygen atoms in total. The van der Waals surface area contributed by atoms with Crippen molar-refractivity contribution in [1.29, 1.82) is 0 Å². The molecule has 44 heavy (non-hydrogen) atoms. The normalized spacial score (nSPS) is 31.5. The Labute approximate surface area is 265 Å². The fourth-order valence-corrected chi connectivity index (χ4v) is 5.23. The number of carbonyl (C=O) groups excluding carboxylic acids is 7. The van der Waals surface area contributed by atoms with Crippen molar-refractivity contribution < 1.29 is 80.9 Å². The van der Waals surface area contributed by atoms with Gasteiger partial charge in [-0.3, -0.25) is 33.6 Å². The van der Waals surface area contributed by atoms with Crippen LogP contribution >= 0.6 is 22.6 Å². The second kappa shape index (κ2) is 16.8. The maximum Gasteiger partial charge on any atom is 0.305 e. The van der Waals surface area contributed by atoms with Crippen LogP contribution in [0.25, 0.3) is 0 Å². The third kappa shape index (κ3) is 10.8. The number of ether oxygens (including phenoxy) is 10. The predicted molar refractivity (Wildman–Crippen MR) is 147 cm³/mol. The van der Waals surface area contributed by atoms with E-state index in [1.165, 1.54) is 0 Å². The summed E-state index contributed by atoms with van der Waals surface area (Å²) in [6.07, 6.45) is -14.6. The first-order valence-electron chi connectivity index (χ1n) is 13.2. The summed E-state index contributed by atoms with van der Waals surface area (Å²) in [6, 6.07) is 0. The zero-order chi connectivity index (χ0) is 33.3. The zero-order valence-corrected chi connectivity index (χ0v) is 27.2. The summed E-state index contributed by atoms with van der Waals surface area (Å²) in [5.41, 5.74) is 0. The predicted octanol–water partition coefficient (Wildman–Crippen LogP) is 0.0411. The standard InChI is InChI=1S/C26H35IO17/c1-10(28)35-9-18-20(36-11(2)29)22(38-13(4)31)24(40-15(6)33)26(43-18)44-19-17(8-27)42-25(41-16(7)34)23(39-14(5)32)21(19)37-12(3)30/h17-26H,8-9H2,1-7H3/t17-,18-,19-,20-,21+,22+,23-,24-,25-,26-/m1/s1. The van der Waals surface area contributed by atoms with Gasteiger partial charge in [-0.1, -0.05) is 22.6 Å². The van der Waals surface area contributed by atoms with E-state index in [1.54, 1.807) is 0 Å². The first-order valence-corrected chi connectivity index (χ1v) is 14.8. The van der Waals surface area contributed by atoms with E-state index in [9.17, 15) is 33.6 Å². The van der Waals surface area contributed by atoms with Gasteiger partial charge in [0.15, 0.2) is 30.7 Å². The Kier molecular flexibility index (Phi) is 14.2. The third-order valence-corrected chi connectivity index (χ3v) is 6.74. The molecule has 0 aromatic carbocycles. The molecule has 18 heteroatoms. The number of hydrogen-bond donors (Lipinski definition) is 0. The number of rotatable bonds is 11. The van der Waals surface area contributed by atoms with Crippen LogP contribution in [0.4, 0.5) is 0 Å². The van der Waals surface area contributed by atoms with Crippen LogP contribution in [0.15, 0.2) is 0 Å². The molecule has 0 aromatic heterocycles. The SMILES string of the molecule is CC(=O)OC[C@H]1O[C@H](O[C@H]2[C@H](OC(C)=O)[C@@H](OC(C)=O)[C@H](OC(C)=O)O[C@@H]2CI)[C@H](OC(C)=O)[C@@H](OC(C)=O)[C@@H]1OC(C)=O. The van der Waals surface area contributed by atoms with Crippen LogP contribution in [0.5, 0.6) is 0 Å². The fraction of sp³-hybridized carbons (Fsp3) is 0.731. The van der Waals surface area contributed by atoms with Crippen molar-refractivity contribution in [3.05, 3.63) is 0 Å². The van der Waals surface area contributed by atoms with Crippen molar-refractivity contribution in [2.24, 2.45) is 0 Å². The summed E-state index contributed by atoms with van der Waals surface area (Å²) >= 11 is 1.92. The lowest BCUT2D eigenvalue weighted by Crippen LogP contribution is -2.67. The highest BCUT2D eigenvalue weighted by Crippen LogP contribution is 2.35. The Morgan fingerprint density at radius 1 is 0.477 bits per heavy atom. The van der Waals surface area contributed by atoms with Crippen molar-refractivity contribution in [2.75, 3.05) is 11.0 Å². The molecule has 2 fully saturated rings. The molecule has 2 heterocycles. The second-order valence-corrected chi connectivity index (χ2v) is 10.5. The van der Waals surface area contributed by atoms with Crippen LogP contribution in [0, 0.1) is 0 Å². The Bertz CT molecular complexity index is 1090. The minimum atomic E-state index is -1.68. The molecule has 2 rings (SSSR count). The molecule has 0 amide bonds. The average molecular weight is 746 g/mol. The van der Waals surface area contributed by atoms with Gasteiger partial charge in [-0.15, -0.1) is 0 Å². The molecule has 0 aromatic rings. The van der Waals surface area contributed by atoms with Crippen molar-refractivity contribution in [3.8, 4) is 0 Å². The lowest BCUT2D eigenvalue weighted by atomic mass is 9.96. The smallest absolute Gasteiger partial charge is 0.305 e. The molecular formula is C26H35IO17. The van der Waals surface area contributed by atoms with Crippen molar-refractivity contribution in [3.63, 3.8) is 0 Å².